The van der Waals surface area contributed by atoms with Crippen LogP contribution in [0.2, 0.25) is 5.02 Å². The summed E-state index contributed by atoms with van der Waals surface area (Å²) >= 11 is 6.10. The Morgan fingerprint density at radius 1 is 1.00 bits per heavy atom. The molecule has 5 heteroatoms. The third kappa shape index (κ3) is 6.10. The third-order valence-electron chi connectivity index (χ3n) is 7.27. The Kier molecular flexibility index (Phi) is 7.98. The predicted octanol–water partition coefficient (Wildman–Crippen LogP) is 6.54. The molecule has 1 amide bonds. The average Bonchev–Trinajstić information content (AvgIpc) is 2.80. The van der Waals surface area contributed by atoms with Crippen molar-refractivity contribution < 1.29 is 9.53 Å². The molecule has 0 spiro atoms. The van der Waals surface area contributed by atoms with E-state index in [-0.39, 0.29) is 5.91 Å². The largest absolute Gasteiger partial charge is 0.492 e. The second kappa shape index (κ2) is 10.9. The first-order valence-corrected chi connectivity index (χ1v) is 12.9. The zero-order valence-electron chi connectivity index (χ0n) is 20.0. The van der Waals surface area contributed by atoms with Crippen molar-refractivity contribution in [1.82, 2.24) is 4.90 Å². The first-order valence-electron chi connectivity index (χ1n) is 12.5. The molecule has 1 N–H and O–H groups in total. The SMILES string of the molecule is C[C@@H]1C[C@@H](C)CN(CCOc2ccc(NC(=O)C3(c4ccc(Cl)cc4)CCCCC3)cc2)C1. The van der Waals surface area contributed by atoms with Crippen molar-refractivity contribution in [2.75, 3.05) is 31.6 Å². The van der Waals surface area contributed by atoms with Crippen LogP contribution in [0.4, 0.5) is 5.69 Å². The minimum absolute atomic E-state index is 0.0755. The summed E-state index contributed by atoms with van der Waals surface area (Å²) in [5.74, 6) is 2.44. The van der Waals surface area contributed by atoms with Gasteiger partial charge in [0.05, 0.1) is 5.41 Å². The Morgan fingerprint density at radius 2 is 1.64 bits per heavy atom. The Hall–Kier alpha value is -2.04. The molecule has 1 aliphatic carbocycles. The molecule has 0 unspecified atom stereocenters. The van der Waals surface area contributed by atoms with Crippen molar-refractivity contribution in [2.24, 2.45) is 11.8 Å². The molecule has 1 aliphatic heterocycles. The summed E-state index contributed by atoms with van der Waals surface area (Å²) in [6.07, 6.45) is 6.38. The van der Waals surface area contributed by atoms with Crippen LogP contribution in [-0.4, -0.2) is 37.0 Å². The van der Waals surface area contributed by atoms with Gasteiger partial charge in [-0.25, -0.2) is 0 Å². The van der Waals surface area contributed by atoms with Crippen LogP contribution in [0.5, 0.6) is 5.75 Å². The fourth-order valence-corrected chi connectivity index (χ4v) is 5.85. The Labute approximate surface area is 203 Å². The normalized spacial score (nSPS) is 23.1. The van der Waals surface area contributed by atoms with Crippen molar-refractivity contribution >= 4 is 23.2 Å². The van der Waals surface area contributed by atoms with Gasteiger partial charge in [-0.15, -0.1) is 0 Å². The number of carbonyl (C=O) groups excluding carboxylic acids is 1. The molecule has 1 heterocycles. The number of ether oxygens (including phenoxy) is 1. The highest BCUT2D eigenvalue weighted by atomic mass is 35.5. The number of piperidine rings is 1. The van der Waals surface area contributed by atoms with E-state index in [0.29, 0.717) is 11.6 Å². The first-order chi connectivity index (χ1) is 15.9. The fraction of sp³-hybridized carbons (Fsp3) is 0.536. The van der Waals surface area contributed by atoms with Gasteiger partial charge in [0.15, 0.2) is 0 Å². The predicted molar refractivity (Wildman–Crippen MR) is 136 cm³/mol. The standard InChI is InChI=1S/C28H37ClN2O2/c1-21-18-22(2)20-31(19-21)16-17-33-26-12-10-25(11-13-26)30-27(32)28(14-4-3-5-15-28)23-6-8-24(29)9-7-23/h6-13,21-22H,3-5,14-20H2,1-2H3,(H,30,32)/t21-,22-/m1/s1. The highest BCUT2D eigenvalue weighted by Gasteiger charge is 2.41. The molecule has 1 saturated heterocycles. The summed E-state index contributed by atoms with van der Waals surface area (Å²) in [6.45, 7) is 8.63. The van der Waals surface area contributed by atoms with Crippen LogP contribution in [0.15, 0.2) is 48.5 Å². The molecule has 2 fully saturated rings. The molecule has 2 aromatic carbocycles. The van der Waals surface area contributed by atoms with Crippen molar-refractivity contribution in [3.05, 3.63) is 59.1 Å². The summed E-state index contributed by atoms with van der Waals surface area (Å²) in [5.41, 5.74) is 1.39. The van der Waals surface area contributed by atoms with E-state index < -0.39 is 5.41 Å². The van der Waals surface area contributed by atoms with E-state index in [1.54, 1.807) is 0 Å². The number of amides is 1. The topological polar surface area (TPSA) is 41.6 Å². The molecule has 4 rings (SSSR count). The van der Waals surface area contributed by atoms with E-state index in [1.165, 1.54) is 12.8 Å². The number of rotatable bonds is 7. The Bertz CT molecular complexity index is 896. The monoisotopic (exact) mass is 468 g/mol. The molecule has 0 aromatic heterocycles. The zero-order chi connectivity index (χ0) is 23.3. The summed E-state index contributed by atoms with van der Waals surface area (Å²) in [6, 6.07) is 15.6. The molecule has 33 heavy (non-hydrogen) atoms. The molecule has 2 atom stereocenters. The van der Waals surface area contributed by atoms with Gasteiger partial charge in [0.1, 0.15) is 12.4 Å². The number of benzene rings is 2. The molecular formula is C28H37ClN2O2. The van der Waals surface area contributed by atoms with Crippen LogP contribution in [0.3, 0.4) is 0 Å². The van der Waals surface area contributed by atoms with Crippen LogP contribution in [0.1, 0.15) is 57.9 Å². The smallest absolute Gasteiger partial charge is 0.235 e. The van der Waals surface area contributed by atoms with Gasteiger partial charge in [-0.3, -0.25) is 9.69 Å². The van der Waals surface area contributed by atoms with Crippen molar-refractivity contribution in [2.45, 2.75) is 57.8 Å². The highest BCUT2D eigenvalue weighted by Crippen LogP contribution is 2.41. The maximum atomic E-state index is 13.5. The first kappa shape index (κ1) is 24.1. The second-order valence-electron chi connectivity index (χ2n) is 10.2. The molecule has 178 valence electrons. The van der Waals surface area contributed by atoms with Crippen LogP contribution in [-0.2, 0) is 10.2 Å². The molecule has 0 radical (unpaired) electrons. The average molecular weight is 469 g/mol. The van der Waals surface area contributed by atoms with E-state index in [4.69, 9.17) is 16.3 Å². The van der Waals surface area contributed by atoms with Gasteiger partial charge in [-0.2, -0.15) is 0 Å². The van der Waals surface area contributed by atoms with Gasteiger partial charge in [0.25, 0.3) is 0 Å². The summed E-state index contributed by atoms with van der Waals surface area (Å²) in [7, 11) is 0. The van der Waals surface area contributed by atoms with Gasteiger partial charge < -0.3 is 10.1 Å². The van der Waals surface area contributed by atoms with E-state index >= 15 is 0 Å². The molecular weight excluding hydrogens is 432 g/mol. The van der Waals surface area contributed by atoms with E-state index in [9.17, 15) is 4.79 Å². The Morgan fingerprint density at radius 3 is 2.27 bits per heavy atom. The Balaban J connectivity index is 1.34. The lowest BCUT2D eigenvalue weighted by molar-refractivity contribution is -0.122. The zero-order valence-corrected chi connectivity index (χ0v) is 20.7. The minimum atomic E-state index is -0.485. The van der Waals surface area contributed by atoms with Gasteiger partial charge in [-0.05, 0) is 73.1 Å². The maximum absolute atomic E-state index is 13.5. The minimum Gasteiger partial charge on any atom is -0.492 e. The fourth-order valence-electron chi connectivity index (χ4n) is 5.72. The molecule has 2 aliphatic rings. The second-order valence-corrected chi connectivity index (χ2v) is 10.6. The third-order valence-corrected chi connectivity index (χ3v) is 7.52. The summed E-state index contributed by atoms with van der Waals surface area (Å²) in [4.78, 5) is 16.0. The molecule has 0 bridgehead atoms. The number of hydrogen-bond acceptors (Lipinski definition) is 3. The van der Waals surface area contributed by atoms with E-state index in [2.05, 4.69) is 24.1 Å². The van der Waals surface area contributed by atoms with Crippen LogP contribution in [0, 0.1) is 11.8 Å². The summed E-state index contributed by atoms with van der Waals surface area (Å²) < 4.78 is 5.99. The lowest BCUT2D eigenvalue weighted by Crippen LogP contribution is -2.42. The number of hydrogen-bond donors (Lipinski definition) is 1. The van der Waals surface area contributed by atoms with Crippen molar-refractivity contribution in [3.8, 4) is 5.75 Å². The quantitative estimate of drug-likeness (QED) is 0.501. The number of nitrogens with zero attached hydrogens (tertiary/aromatic N) is 1. The number of nitrogens with one attached hydrogen (secondary N) is 1. The van der Waals surface area contributed by atoms with Gasteiger partial charge in [0, 0.05) is 30.3 Å². The van der Waals surface area contributed by atoms with Crippen molar-refractivity contribution in [1.29, 1.82) is 0 Å². The van der Waals surface area contributed by atoms with Crippen molar-refractivity contribution in [3.63, 3.8) is 0 Å². The lowest BCUT2D eigenvalue weighted by atomic mass is 9.68. The summed E-state index contributed by atoms with van der Waals surface area (Å²) in [5, 5.41) is 3.87. The van der Waals surface area contributed by atoms with Gasteiger partial charge in [-0.1, -0.05) is 56.8 Å². The van der Waals surface area contributed by atoms with Crippen LogP contribution in [0.25, 0.3) is 0 Å². The lowest BCUT2D eigenvalue weighted by Gasteiger charge is -2.36. The van der Waals surface area contributed by atoms with E-state index in [1.807, 2.05) is 48.5 Å². The number of halogens is 1. The highest BCUT2D eigenvalue weighted by molar-refractivity contribution is 6.30. The number of carbonyl (C=O) groups is 1. The van der Waals surface area contributed by atoms with Crippen LogP contribution < -0.4 is 10.1 Å². The number of anilines is 1. The van der Waals surface area contributed by atoms with Gasteiger partial charge >= 0.3 is 0 Å². The van der Waals surface area contributed by atoms with E-state index in [0.717, 1.165) is 74.2 Å². The molecule has 1 saturated carbocycles. The van der Waals surface area contributed by atoms with Crippen LogP contribution >= 0.6 is 11.6 Å². The molecule has 2 aromatic rings. The maximum Gasteiger partial charge on any atom is 0.235 e. The van der Waals surface area contributed by atoms with Gasteiger partial charge in [0.2, 0.25) is 5.91 Å². The number of likely N-dealkylation sites (tertiary alicyclic amines) is 1. The molecule has 4 nitrogen and oxygen atoms in total.